The Morgan fingerprint density at radius 3 is 1.92 bits per heavy atom. The number of halogens is 1. The maximum Gasteiger partial charge on any atom is 0.153 e. The second-order valence-electron chi connectivity index (χ2n) is 2.49. The summed E-state index contributed by atoms with van der Waals surface area (Å²) in [6, 6.07) is 2.80. The van der Waals surface area contributed by atoms with E-state index >= 15 is 0 Å². The van der Waals surface area contributed by atoms with Crippen LogP contribution >= 0.6 is 0 Å². The van der Waals surface area contributed by atoms with Crippen LogP contribution in [0.1, 0.15) is 26.3 Å². The third-order valence-electron chi connectivity index (χ3n) is 1.53. The monoisotopic (exact) mass is 166 g/mol. The van der Waals surface area contributed by atoms with Gasteiger partial charge in [0.25, 0.3) is 0 Å². The fraction of sp³-hybridized carbons (Fsp3) is 0.111. The molecule has 1 rings (SSSR count). The highest BCUT2D eigenvalue weighted by Crippen LogP contribution is 2.12. The maximum atomic E-state index is 13.0. The molecule has 0 aromatic heterocycles. The molecule has 0 aliphatic carbocycles. The first kappa shape index (κ1) is 8.59. The van der Waals surface area contributed by atoms with Gasteiger partial charge in [0.15, 0.2) is 12.6 Å². The van der Waals surface area contributed by atoms with Crippen molar-refractivity contribution < 1.29 is 14.0 Å². The Balaban J connectivity index is 3.41. The van der Waals surface area contributed by atoms with Crippen LogP contribution in [0.5, 0.6) is 0 Å². The van der Waals surface area contributed by atoms with Gasteiger partial charge in [-0.3, -0.25) is 9.59 Å². The van der Waals surface area contributed by atoms with Crippen LogP contribution in [0.4, 0.5) is 4.39 Å². The van der Waals surface area contributed by atoms with Crippen molar-refractivity contribution >= 4 is 12.6 Å². The van der Waals surface area contributed by atoms with Gasteiger partial charge in [0.2, 0.25) is 0 Å². The van der Waals surface area contributed by atoms with Crippen molar-refractivity contribution in [2.45, 2.75) is 6.92 Å². The smallest absolute Gasteiger partial charge is 0.153 e. The molecule has 2 nitrogen and oxygen atoms in total. The van der Waals surface area contributed by atoms with E-state index in [1.807, 2.05) is 0 Å². The quantitative estimate of drug-likeness (QED) is 0.627. The molecule has 1 aromatic carbocycles. The summed E-state index contributed by atoms with van der Waals surface area (Å²) in [5, 5.41) is 0. The van der Waals surface area contributed by atoms with Crippen LogP contribution in [0.25, 0.3) is 0 Å². The fourth-order valence-electron chi connectivity index (χ4n) is 0.997. The van der Waals surface area contributed by atoms with Crippen molar-refractivity contribution in [2.75, 3.05) is 0 Å². The van der Waals surface area contributed by atoms with Crippen LogP contribution in [-0.4, -0.2) is 12.6 Å². The molecule has 0 heterocycles. The van der Waals surface area contributed by atoms with Gasteiger partial charge in [-0.2, -0.15) is 0 Å². The zero-order valence-electron chi connectivity index (χ0n) is 6.50. The molecule has 0 aliphatic rings. The Kier molecular flexibility index (Phi) is 2.33. The van der Waals surface area contributed by atoms with Gasteiger partial charge < -0.3 is 0 Å². The minimum Gasteiger partial charge on any atom is -0.298 e. The van der Waals surface area contributed by atoms with Crippen molar-refractivity contribution in [3.8, 4) is 0 Å². The molecular weight excluding hydrogens is 159 g/mol. The Morgan fingerprint density at radius 1 is 1.17 bits per heavy atom. The summed E-state index contributed by atoms with van der Waals surface area (Å²) >= 11 is 0. The lowest BCUT2D eigenvalue weighted by molar-refractivity contribution is 0.111. The molecule has 0 amide bonds. The molecule has 0 unspecified atom stereocenters. The summed E-state index contributed by atoms with van der Waals surface area (Å²) in [5.74, 6) is -0.745. The summed E-state index contributed by atoms with van der Waals surface area (Å²) in [7, 11) is 0. The number of hydrogen-bond donors (Lipinski definition) is 0. The highest BCUT2D eigenvalue weighted by molar-refractivity contribution is 5.83. The molecule has 12 heavy (non-hydrogen) atoms. The number of aldehydes is 2. The first-order valence-corrected chi connectivity index (χ1v) is 3.39. The second kappa shape index (κ2) is 3.26. The molecule has 62 valence electrons. The van der Waals surface area contributed by atoms with E-state index in [0.29, 0.717) is 18.1 Å². The largest absolute Gasteiger partial charge is 0.298 e. The standard InChI is InChI=1S/C9H7FO2/c1-6-2-7(4-11)9(10)8(3-6)5-12/h2-5H,1H3. The maximum absolute atomic E-state index is 13.0. The van der Waals surface area contributed by atoms with Crippen LogP contribution in [-0.2, 0) is 0 Å². The van der Waals surface area contributed by atoms with Crippen molar-refractivity contribution in [3.63, 3.8) is 0 Å². The van der Waals surface area contributed by atoms with Crippen molar-refractivity contribution in [3.05, 3.63) is 34.6 Å². The average molecular weight is 166 g/mol. The van der Waals surface area contributed by atoms with Crippen LogP contribution in [0.2, 0.25) is 0 Å². The second-order valence-corrected chi connectivity index (χ2v) is 2.49. The summed E-state index contributed by atoms with van der Waals surface area (Å²) in [6.07, 6.45) is 0.796. The predicted molar refractivity (Wildman–Crippen MR) is 41.9 cm³/mol. The topological polar surface area (TPSA) is 34.1 Å². The lowest BCUT2D eigenvalue weighted by atomic mass is 10.1. The summed E-state index contributed by atoms with van der Waals surface area (Å²) < 4.78 is 13.0. The van der Waals surface area contributed by atoms with Gasteiger partial charge in [-0.15, -0.1) is 0 Å². The van der Waals surface area contributed by atoms with E-state index < -0.39 is 5.82 Å². The first-order chi connectivity index (χ1) is 5.69. The number of rotatable bonds is 2. The molecule has 1 aromatic rings. The molecule has 0 saturated carbocycles. The fourth-order valence-corrected chi connectivity index (χ4v) is 0.997. The van der Waals surface area contributed by atoms with E-state index in [2.05, 4.69) is 0 Å². The van der Waals surface area contributed by atoms with Crippen LogP contribution in [0.3, 0.4) is 0 Å². The summed E-state index contributed by atoms with van der Waals surface area (Å²) in [6.45, 7) is 1.69. The molecule has 0 atom stereocenters. The molecule has 0 spiro atoms. The van der Waals surface area contributed by atoms with E-state index in [1.54, 1.807) is 6.92 Å². The van der Waals surface area contributed by atoms with Gasteiger partial charge in [0.05, 0.1) is 11.1 Å². The Bertz CT molecular complexity index is 302. The predicted octanol–water partition coefficient (Wildman–Crippen LogP) is 1.76. The van der Waals surface area contributed by atoms with E-state index in [4.69, 9.17) is 0 Å². The SMILES string of the molecule is Cc1cc(C=O)c(F)c(C=O)c1. The van der Waals surface area contributed by atoms with Gasteiger partial charge in [0, 0.05) is 0 Å². The number of benzene rings is 1. The summed E-state index contributed by atoms with van der Waals surface area (Å²) in [4.78, 5) is 20.6. The number of aryl methyl sites for hydroxylation is 1. The minimum atomic E-state index is -0.745. The average Bonchev–Trinajstić information content (AvgIpc) is 2.08. The highest BCUT2D eigenvalue weighted by atomic mass is 19.1. The van der Waals surface area contributed by atoms with Crippen LogP contribution in [0, 0.1) is 12.7 Å². The normalized spacial score (nSPS) is 9.50. The Hall–Kier alpha value is -1.51. The van der Waals surface area contributed by atoms with Crippen LogP contribution < -0.4 is 0 Å². The molecular formula is C9H7FO2. The molecule has 0 saturated heterocycles. The molecule has 3 heteroatoms. The summed E-state index contributed by atoms with van der Waals surface area (Å²) in [5.41, 5.74) is 0.551. The highest BCUT2D eigenvalue weighted by Gasteiger charge is 2.07. The number of hydrogen-bond acceptors (Lipinski definition) is 2. The Labute approximate surface area is 69.0 Å². The van der Waals surface area contributed by atoms with Gasteiger partial charge in [-0.1, -0.05) is 0 Å². The Morgan fingerprint density at radius 2 is 1.58 bits per heavy atom. The molecule has 0 N–H and O–H groups in total. The van der Waals surface area contributed by atoms with E-state index in [1.165, 1.54) is 12.1 Å². The van der Waals surface area contributed by atoms with E-state index in [-0.39, 0.29) is 11.1 Å². The van der Waals surface area contributed by atoms with Crippen molar-refractivity contribution in [1.82, 2.24) is 0 Å². The van der Waals surface area contributed by atoms with Gasteiger partial charge in [0.1, 0.15) is 5.82 Å². The van der Waals surface area contributed by atoms with Crippen molar-refractivity contribution in [2.24, 2.45) is 0 Å². The third kappa shape index (κ3) is 1.39. The van der Waals surface area contributed by atoms with Gasteiger partial charge in [-0.05, 0) is 24.6 Å². The van der Waals surface area contributed by atoms with E-state index in [9.17, 15) is 14.0 Å². The number of carbonyl (C=O) groups excluding carboxylic acids is 2. The molecule has 0 aliphatic heterocycles. The first-order valence-electron chi connectivity index (χ1n) is 3.39. The van der Waals surface area contributed by atoms with Gasteiger partial charge in [-0.25, -0.2) is 4.39 Å². The zero-order valence-corrected chi connectivity index (χ0v) is 6.50. The molecule has 0 fully saturated rings. The van der Waals surface area contributed by atoms with Gasteiger partial charge >= 0.3 is 0 Å². The minimum absolute atomic E-state index is 0.0721. The van der Waals surface area contributed by atoms with Crippen molar-refractivity contribution in [1.29, 1.82) is 0 Å². The molecule has 0 bridgehead atoms. The lowest BCUT2D eigenvalue weighted by Gasteiger charge is -1.99. The molecule has 0 radical (unpaired) electrons. The third-order valence-corrected chi connectivity index (χ3v) is 1.53. The number of carbonyl (C=O) groups is 2. The van der Waals surface area contributed by atoms with Crippen LogP contribution in [0.15, 0.2) is 12.1 Å². The zero-order chi connectivity index (χ0) is 9.14. The van der Waals surface area contributed by atoms with E-state index in [0.717, 1.165) is 0 Å². The lowest BCUT2D eigenvalue weighted by Crippen LogP contribution is -1.95.